The Morgan fingerprint density at radius 3 is 3.00 bits per heavy atom. The van der Waals surface area contributed by atoms with Crippen molar-refractivity contribution in [2.24, 2.45) is 0 Å². The van der Waals surface area contributed by atoms with Crippen molar-refractivity contribution in [1.29, 1.82) is 0 Å². The van der Waals surface area contributed by atoms with Crippen molar-refractivity contribution in [3.05, 3.63) is 36.1 Å². The van der Waals surface area contributed by atoms with Crippen LogP contribution < -0.4 is 10.6 Å². The van der Waals surface area contributed by atoms with Crippen molar-refractivity contribution in [1.82, 2.24) is 10.6 Å². The second-order valence-corrected chi connectivity index (χ2v) is 5.38. The second-order valence-electron chi connectivity index (χ2n) is 5.38. The number of nitrogens with one attached hydrogen (secondary N) is 2. The van der Waals surface area contributed by atoms with Crippen LogP contribution in [0.5, 0.6) is 0 Å². The number of para-hydroxylation sites is 1. The van der Waals surface area contributed by atoms with Gasteiger partial charge >= 0.3 is 0 Å². The molecule has 2 aromatic rings. The standard InChI is InChI=1S/C16H20N2O2/c19-16(18-13-7-8-13)6-3-9-17-10-12-11-20-15-5-2-1-4-14(12)15/h1-2,4-5,11,13,17H,3,6-10H2,(H,18,19). The summed E-state index contributed by atoms with van der Waals surface area (Å²) in [6, 6.07) is 8.50. The van der Waals surface area contributed by atoms with Crippen LogP contribution in [-0.2, 0) is 11.3 Å². The fourth-order valence-corrected chi connectivity index (χ4v) is 2.29. The number of carbonyl (C=O) groups is 1. The summed E-state index contributed by atoms with van der Waals surface area (Å²) in [4.78, 5) is 11.5. The molecule has 1 aromatic heterocycles. The topological polar surface area (TPSA) is 54.3 Å². The molecule has 1 aromatic carbocycles. The smallest absolute Gasteiger partial charge is 0.220 e. The van der Waals surface area contributed by atoms with Gasteiger partial charge in [-0.3, -0.25) is 4.79 Å². The first-order valence-electron chi connectivity index (χ1n) is 7.28. The molecule has 1 saturated carbocycles. The van der Waals surface area contributed by atoms with Gasteiger partial charge in [-0.25, -0.2) is 0 Å². The summed E-state index contributed by atoms with van der Waals surface area (Å²) in [6.45, 7) is 1.62. The zero-order valence-electron chi connectivity index (χ0n) is 11.5. The molecule has 0 spiro atoms. The maximum absolute atomic E-state index is 11.5. The Morgan fingerprint density at radius 2 is 2.15 bits per heavy atom. The van der Waals surface area contributed by atoms with E-state index in [-0.39, 0.29) is 5.91 Å². The number of rotatable bonds is 7. The minimum absolute atomic E-state index is 0.183. The van der Waals surface area contributed by atoms with E-state index >= 15 is 0 Å². The molecule has 0 bridgehead atoms. The molecular formula is C16H20N2O2. The summed E-state index contributed by atoms with van der Waals surface area (Å²) in [6.07, 6.45) is 5.58. The average Bonchev–Trinajstić information content (AvgIpc) is 3.17. The van der Waals surface area contributed by atoms with Crippen molar-refractivity contribution in [3.63, 3.8) is 0 Å². The number of hydrogen-bond donors (Lipinski definition) is 2. The third kappa shape index (κ3) is 3.39. The van der Waals surface area contributed by atoms with Gasteiger partial charge in [-0.05, 0) is 31.9 Å². The third-order valence-electron chi connectivity index (χ3n) is 3.58. The van der Waals surface area contributed by atoms with E-state index in [0.29, 0.717) is 12.5 Å². The van der Waals surface area contributed by atoms with Crippen LogP contribution in [0.4, 0.5) is 0 Å². The maximum Gasteiger partial charge on any atom is 0.220 e. The molecule has 0 saturated heterocycles. The Balaban J connectivity index is 1.38. The molecule has 20 heavy (non-hydrogen) atoms. The number of fused-ring (bicyclic) bond motifs is 1. The molecule has 2 N–H and O–H groups in total. The van der Waals surface area contributed by atoms with E-state index in [9.17, 15) is 4.79 Å². The fourth-order valence-electron chi connectivity index (χ4n) is 2.29. The molecule has 0 atom stereocenters. The monoisotopic (exact) mass is 272 g/mol. The van der Waals surface area contributed by atoms with E-state index < -0.39 is 0 Å². The Morgan fingerprint density at radius 1 is 1.30 bits per heavy atom. The summed E-state index contributed by atoms with van der Waals surface area (Å²) < 4.78 is 5.49. The molecule has 1 heterocycles. The van der Waals surface area contributed by atoms with Gasteiger partial charge < -0.3 is 15.1 Å². The van der Waals surface area contributed by atoms with Gasteiger partial charge in [-0.2, -0.15) is 0 Å². The predicted octanol–water partition coefficient (Wildman–Crippen LogP) is 2.58. The molecule has 1 aliphatic rings. The number of hydrogen-bond acceptors (Lipinski definition) is 3. The van der Waals surface area contributed by atoms with E-state index in [0.717, 1.165) is 43.3 Å². The minimum Gasteiger partial charge on any atom is -0.464 e. The molecule has 1 fully saturated rings. The lowest BCUT2D eigenvalue weighted by Gasteiger charge is -2.04. The third-order valence-corrected chi connectivity index (χ3v) is 3.58. The number of furan rings is 1. The van der Waals surface area contributed by atoms with Crippen LogP contribution in [0, 0.1) is 0 Å². The number of benzene rings is 1. The highest BCUT2D eigenvalue weighted by Crippen LogP contribution is 2.20. The summed E-state index contributed by atoms with van der Waals surface area (Å²) in [5.41, 5.74) is 2.09. The van der Waals surface area contributed by atoms with Gasteiger partial charge in [0.1, 0.15) is 5.58 Å². The molecule has 4 nitrogen and oxygen atoms in total. The molecule has 1 aliphatic carbocycles. The Labute approximate surface area is 118 Å². The first-order valence-corrected chi connectivity index (χ1v) is 7.28. The zero-order valence-corrected chi connectivity index (χ0v) is 11.5. The van der Waals surface area contributed by atoms with Gasteiger partial charge in [0.15, 0.2) is 0 Å². The van der Waals surface area contributed by atoms with Crippen molar-refractivity contribution in [3.8, 4) is 0 Å². The van der Waals surface area contributed by atoms with E-state index in [1.54, 1.807) is 6.26 Å². The van der Waals surface area contributed by atoms with Gasteiger partial charge in [-0.1, -0.05) is 18.2 Å². The molecular weight excluding hydrogens is 252 g/mol. The van der Waals surface area contributed by atoms with Crippen LogP contribution in [0.25, 0.3) is 11.0 Å². The summed E-state index contributed by atoms with van der Waals surface area (Å²) in [7, 11) is 0. The quantitative estimate of drug-likeness (QED) is 0.762. The van der Waals surface area contributed by atoms with E-state index in [4.69, 9.17) is 4.42 Å². The molecule has 4 heteroatoms. The van der Waals surface area contributed by atoms with Gasteiger partial charge in [0, 0.05) is 30.0 Å². The van der Waals surface area contributed by atoms with Crippen molar-refractivity contribution in [2.45, 2.75) is 38.3 Å². The SMILES string of the molecule is O=C(CCCNCc1coc2ccccc12)NC1CC1. The Hall–Kier alpha value is -1.81. The maximum atomic E-state index is 11.5. The molecule has 106 valence electrons. The van der Waals surface area contributed by atoms with Crippen molar-refractivity contribution < 1.29 is 9.21 Å². The van der Waals surface area contributed by atoms with Crippen molar-refractivity contribution in [2.75, 3.05) is 6.54 Å². The Kier molecular flexibility index (Phi) is 4.02. The number of amides is 1. The lowest BCUT2D eigenvalue weighted by Crippen LogP contribution is -2.26. The van der Waals surface area contributed by atoms with Crippen LogP contribution in [0.2, 0.25) is 0 Å². The molecule has 3 rings (SSSR count). The molecule has 0 aliphatic heterocycles. The highest BCUT2D eigenvalue weighted by molar-refractivity contribution is 5.80. The van der Waals surface area contributed by atoms with Crippen LogP contribution in [0.3, 0.4) is 0 Å². The van der Waals surface area contributed by atoms with Crippen LogP contribution in [0.15, 0.2) is 34.9 Å². The number of carbonyl (C=O) groups excluding carboxylic acids is 1. The minimum atomic E-state index is 0.183. The first kappa shape index (κ1) is 13.2. The average molecular weight is 272 g/mol. The predicted molar refractivity (Wildman–Crippen MR) is 78.3 cm³/mol. The molecule has 0 radical (unpaired) electrons. The largest absolute Gasteiger partial charge is 0.464 e. The fraction of sp³-hybridized carbons (Fsp3) is 0.438. The summed E-state index contributed by atoms with van der Waals surface area (Å²) in [5.74, 6) is 0.183. The van der Waals surface area contributed by atoms with Gasteiger partial charge in [0.25, 0.3) is 0 Å². The second kappa shape index (κ2) is 6.09. The summed E-state index contributed by atoms with van der Waals surface area (Å²) in [5, 5.41) is 7.52. The van der Waals surface area contributed by atoms with E-state index in [2.05, 4.69) is 16.7 Å². The molecule has 0 unspecified atom stereocenters. The van der Waals surface area contributed by atoms with Crippen LogP contribution in [0.1, 0.15) is 31.2 Å². The highest BCUT2D eigenvalue weighted by Gasteiger charge is 2.22. The highest BCUT2D eigenvalue weighted by atomic mass is 16.3. The van der Waals surface area contributed by atoms with Crippen LogP contribution in [-0.4, -0.2) is 18.5 Å². The van der Waals surface area contributed by atoms with Gasteiger partial charge in [-0.15, -0.1) is 0 Å². The Bertz CT molecular complexity index is 587. The first-order chi connectivity index (χ1) is 9.83. The zero-order chi connectivity index (χ0) is 13.8. The van der Waals surface area contributed by atoms with Gasteiger partial charge in [0.05, 0.1) is 6.26 Å². The van der Waals surface area contributed by atoms with E-state index in [1.807, 2.05) is 18.2 Å². The van der Waals surface area contributed by atoms with E-state index in [1.165, 1.54) is 5.56 Å². The lowest BCUT2D eigenvalue weighted by atomic mass is 10.2. The molecule has 1 amide bonds. The summed E-state index contributed by atoms with van der Waals surface area (Å²) >= 11 is 0. The lowest BCUT2D eigenvalue weighted by molar-refractivity contribution is -0.121. The van der Waals surface area contributed by atoms with Crippen LogP contribution >= 0.6 is 0 Å². The normalized spacial score (nSPS) is 14.6. The van der Waals surface area contributed by atoms with Gasteiger partial charge in [0.2, 0.25) is 5.91 Å². The van der Waals surface area contributed by atoms with Crippen molar-refractivity contribution >= 4 is 16.9 Å².